The third kappa shape index (κ3) is 4.23. The van der Waals surface area contributed by atoms with Gasteiger partial charge in [-0.25, -0.2) is 8.42 Å². The van der Waals surface area contributed by atoms with Crippen LogP contribution >= 0.6 is 12.2 Å². The average molecular weight is 328 g/mol. The number of benzene rings is 1. The molecular weight excluding hydrogens is 308 g/mol. The Morgan fingerprint density at radius 2 is 2.29 bits per heavy atom. The maximum atomic E-state index is 12.4. The summed E-state index contributed by atoms with van der Waals surface area (Å²) < 4.78 is 30.2. The molecule has 21 heavy (non-hydrogen) atoms. The molecule has 1 aromatic carbocycles. The summed E-state index contributed by atoms with van der Waals surface area (Å²) in [5.74, 6) is 0.0815. The molecule has 1 aliphatic heterocycles. The normalized spacial score (nSPS) is 20.3. The number of ether oxygens (including phenoxy) is 1. The van der Waals surface area contributed by atoms with Crippen LogP contribution in [0, 0.1) is 0 Å². The topological polar surface area (TPSA) is 72.6 Å². The minimum Gasteiger partial charge on any atom is -0.389 e. The highest BCUT2D eigenvalue weighted by atomic mass is 32.2. The second kappa shape index (κ2) is 6.83. The van der Waals surface area contributed by atoms with Crippen molar-refractivity contribution in [3.8, 4) is 0 Å². The predicted octanol–water partition coefficient (Wildman–Crippen LogP) is 0.815. The standard InChI is InChI=1S/C14H20N2O3S2/c1-11-10-19-7-5-16(11)6-8-21(17,18)13-4-2-3-12(9-13)14(15)20/h2-4,9,11H,5-8,10H2,1H3,(H2,15,20). The summed E-state index contributed by atoms with van der Waals surface area (Å²) >= 11 is 4.89. The Hall–Kier alpha value is -1.02. The monoisotopic (exact) mass is 328 g/mol. The van der Waals surface area contributed by atoms with Gasteiger partial charge in [-0.15, -0.1) is 0 Å². The molecule has 1 atom stereocenters. The smallest absolute Gasteiger partial charge is 0.179 e. The van der Waals surface area contributed by atoms with E-state index in [-0.39, 0.29) is 21.7 Å². The van der Waals surface area contributed by atoms with Crippen molar-refractivity contribution in [2.45, 2.75) is 17.9 Å². The highest BCUT2D eigenvalue weighted by Crippen LogP contribution is 2.15. The molecule has 7 heteroatoms. The fourth-order valence-corrected chi connectivity index (χ4v) is 3.72. The summed E-state index contributed by atoms with van der Waals surface area (Å²) in [7, 11) is -3.34. The van der Waals surface area contributed by atoms with Crippen LogP contribution < -0.4 is 5.73 Å². The predicted molar refractivity (Wildman–Crippen MR) is 86.2 cm³/mol. The van der Waals surface area contributed by atoms with Crippen molar-refractivity contribution < 1.29 is 13.2 Å². The highest BCUT2D eigenvalue weighted by molar-refractivity contribution is 7.91. The summed E-state index contributed by atoms with van der Waals surface area (Å²) in [4.78, 5) is 2.61. The van der Waals surface area contributed by atoms with Gasteiger partial charge < -0.3 is 10.5 Å². The zero-order valence-electron chi connectivity index (χ0n) is 12.0. The van der Waals surface area contributed by atoms with E-state index >= 15 is 0 Å². The van der Waals surface area contributed by atoms with Crippen molar-refractivity contribution in [1.82, 2.24) is 4.90 Å². The minimum absolute atomic E-state index is 0.0815. The van der Waals surface area contributed by atoms with Crippen LogP contribution in [-0.4, -0.2) is 56.4 Å². The lowest BCUT2D eigenvalue weighted by molar-refractivity contribution is 0.00280. The number of sulfone groups is 1. The zero-order chi connectivity index (χ0) is 15.5. The molecule has 1 aromatic rings. The Balaban J connectivity index is 2.07. The summed E-state index contributed by atoms with van der Waals surface area (Å²) in [5, 5.41) is 0. The third-order valence-corrected chi connectivity index (χ3v) is 5.56. The molecule has 0 aliphatic carbocycles. The Kier molecular flexibility index (Phi) is 5.32. The molecule has 116 valence electrons. The first-order chi connectivity index (χ1) is 9.90. The minimum atomic E-state index is -3.34. The third-order valence-electron chi connectivity index (χ3n) is 3.63. The van der Waals surface area contributed by atoms with E-state index in [9.17, 15) is 8.42 Å². The van der Waals surface area contributed by atoms with Gasteiger partial charge >= 0.3 is 0 Å². The van der Waals surface area contributed by atoms with Gasteiger partial charge in [0.1, 0.15) is 4.99 Å². The van der Waals surface area contributed by atoms with E-state index in [1.807, 2.05) is 6.92 Å². The highest BCUT2D eigenvalue weighted by Gasteiger charge is 2.22. The number of thiocarbonyl (C=S) groups is 1. The molecule has 5 nitrogen and oxygen atoms in total. The molecule has 1 saturated heterocycles. The lowest BCUT2D eigenvalue weighted by Gasteiger charge is -2.32. The Labute approximate surface area is 131 Å². The van der Waals surface area contributed by atoms with Crippen LogP contribution in [0.25, 0.3) is 0 Å². The number of nitrogens with zero attached hydrogens (tertiary/aromatic N) is 1. The summed E-state index contributed by atoms with van der Waals surface area (Å²) in [6.45, 7) is 4.62. The van der Waals surface area contributed by atoms with Gasteiger partial charge in [-0.05, 0) is 19.1 Å². The van der Waals surface area contributed by atoms with Gasteiger partial charge in [0, 0.05) is 24.7 Å². The molecule has 0 bridgehead atoms. The van der Waals surface area contributed by atoms with Crippen LogP contribution in [0.4, 0.5) is 0 Å². The quantitative estimate of drug-likeness (QED) is 0.807. The van der Waals surface area contributed by atoms with Crippen molar-refractivity contribution in [2.75, 3.05) is 32.1 Å². The van der Waals surface area contributed by atoms with Crippen LogP contribution in [0.1, 0.15) is 12.5 Å². The van der Waals surface area contributed by atoms with Crippen molar-refractivity contribution in [2.24, 2.45) is 5.73 Å². The van der Waals surface area contributed by atoms with Crippen molar-refractivity contribution in [3.05, 3.63) is 29.8 Å². The molecule has 1 heterocycles. The Morgan fingerprint density at radius 1 is 1.52 bits per heavy atom. The fraction of sp³-hybridized carbons (Fsp3) is 0.500. The molecule has 0 radical (unpaired) electrons. The molecule has 0 amide bonds. The Bertz CT molecular complexity index is 616. The molecule has 1 unspecified atom stereocenters. The van der Waals surface area contributed by atoms with E-state index in [0.29, 0.717) is 25.3 Å². The number of morpholine rings is 1. The van der Waals surface area contributed by atoms with E-state index < -0.39 is 9.84 Å². The molecule has 2 rings (SSSR count). The van der Waals surface area contributed by atoms with Gasteiger partial charge in [-0.1, -0.05) is 24.4 Å². The van der Waals surface area contributed by atoms with E-state index in [4.69, 9.17) is 22.7 Å². The summed E-state index contributed by atoms with van der Waals surface area (Å²) in [6.07, 6.45) is 0. The van der Waals surface area contributed by atoms with Crippen molar-refractivity contribution >= 4 is 27.0 Å². The van der Waals surface area contributed by atoms with Gasteiger partial charge in [-0.2, -0.15) is 0 Å². The van der Waals surface area contributed by atoms with Crippen LogP contribution in [-0.2, 0) is 14.6 Å². The van der Waals surface area contributed by atoms with Crippen LogP contribution in [0.15, 0.2) is 29.2 Å². The molecule has 0 spiro atoms. The van der Waals surface area contributed by atoms with E-state index in [2.05, 4.69) is 4.90 Å². The number of rotatable bonds is 5. The Morgan fingerprint density at radius 3 is 2.95 bits per heavy atom. The first-order valence-corrected chi connectivity index (χ1v) is 8.90. The average Bonchev–Trinajstić information content (AvgIpc) is 2.46. The number of hydrogen-bond donors (Lipinski definition) is 1. The summed E-state index contributed by atoms with van der Waals surface area (Å²) in [5.41, 5.74) is 6.12. The molecule has 1 aliphatic rings. The largest absolute Gasteiger partial charge is 0.389 e. The summed E-state index contributed by atoms with van der Waals surface area (Å²) in [6, 6.07) is 6.75. The first-order valence-electron chi connectivity index (χ1n) is 6.84. The van der Waals surface area contributed by atoms with Crippen molar-refractivity contribution in [1.29, 1.82) is 0 Å². The molecule has 0 saturated carbocycles. The first kappa shape index (κ1) is 16.4. The van der Waals surface area contributed by atoms with Gasteiger partial charge in [0.25, 0.3) is 0 Å². The lowest BCUT2D eigenvalue weighted by Crippen LogP contribution is -2.45. The van der Waals surface area contributed by atoms with E-state index in [1.165, 1.54) is 0 Å². The molecular formula is C14H20N2O3S2. The SMILES string of the molecule is CC1COCCN1CCS(=O)(=O)c1cccc(C(N)=S)c1. The fourth-order valence-electron chi connectivity index (χ4n) is 2.29. The van der Waals surface area contributed by atoms with Gasteiger partial charge in [0.15, 0.2) is 9.84 Å². The molecule has 1 fully saturated rings. The maximum Gasteiger partial charge on any atom is 0.179 e. The van der Waals surface area contributed by atoms with Gasteiger partial charge in [0.05, 0.1) is 23.9 Å². The van der Waals surface area contributed by atoms with E-state index in [0.717, 1.165) is 6.54 Å². The number of nitrogens with two attached hydrogens (primary N) is 1. The van der Waals surface area contributed by atoms with Gasteiger partial charge in [-0.3, -0.25) is 4.90 Å². The van der Waals surface area contributed by atoms with Crippen molar-refractivity contribution in [3.63, 3.8) is 0 Å². The second-order valence-electron chi connectivity index (χ2n) is 5.17. The van der Waals surface area contributed by atoms with Crippen LogP contribution in [0.2, 0.25) is 0 Å². The maximum absolute atomic E-state index is 12.4. The van der Waals surface area contributed by atoms with Crippen LogP contribution in [0.5, 0.6) is 0 Å². The number of hydrogen-bond acceptors (Lipinski definition) is 5. The second-order valence-corrected chi connectivity index (χ2v) is 7.72. The van der Waals surface area contributed by atoms with Gasteiger partial charge in [0.2, 0.25) is 0 Å². The van der Waals surface area contributed by atoms with Crippen LogP contribution in [0.3, 0.4) is 0 Å². The lowest BCUT2D eigenvalue weighted by atomic mass is 10.2. The molecule has 2 N–H and O–H groups in total. The molecule has 0 aromatic heterocycles. The van der Waals surface area contributed by atoms with E-state index in [1.54, 1.807) is 24.3 Å². The zero-order valence-corrected chi connectivity index (χ0v) is 13.6.